The van der Waals surface area contributed by atoms with Gasteiger partial charge in [0.1, 0.15) is 0 Å². The molecule has 2 aromatic rings. The Bertz CT molecular complexity index is 876. The molecule has 0 aliphatic carbocycles. The number of hydrogen-bond donors (Lipinski definition) is 0. The Balaban J connectivity index is 1.74. The minimum atomic E-state index is -0.167. The van der Waals surface area contributed by atoms with Crippen LogP contribution in [0.2, 0.25) is 5.02 Å². The molecule has 1 atom stereocenters. The fraction of sp³-hybridized carbons (Fsp3) is 0.500. The smallest absolute Gasteiger partial charge is 0.227 e. The number of amides is 1. The summed E-state index contributed by atoms with van der Waals surface area (Å²) in [6.45, 7) is 9.16. The SMILES string of the molecule is CC(C)CN(Cc1cc(Cl)c2c(c1)OCCCO2)C(=O)C(C)CN(C)c1cccnc1. The highest BCUT2D eigenvalue weighted by Gasteiger charge is 2.24. The third-order valence-corrected chi connectivity index (χ3v) is 5.47. The summed E-state index contributed by atoms with van der Waals surface area (Å²) in [5.41, 5.74) is 1.93. The van der Waals surface area contributed by atoms with Crippen molar-refractivity contribution >= 4 is 23.2 Å². The zero-order chi connectivity index (χ0) is 22.4. The number of aromatic nitrogens is 1. The predicted molar refractivity (Wildman–Crippen MR) is 124 cm³/mol. The molecule has 0 saturated carbocycles. The maximum absolute atomic E-state index is 13.4. The number of carbonyl (C=O) groups is 1. The first-order chi connectivity index (χ1) is 14.8. The molecule has 0 spiro atoms. The molecule has 1 aromatic heterocycles. The Kier molecular flexibility index (Phi) is 8.02. The molecule has 2 heterocycles. The van der Waals surface area contributed by atoms with Gasteiger partial charge in [0.2, 0.25) is 5.91 Å². The number of ether oxygens (including phenoxy) is 2. The van der Waals surface area contributed by atoms with Gasteiger partial charge >= 0.3 is 0 Å². The fourth-order valence-corrected chi connectivity index (χ4v) is 4.04. The minimum absolute atomic E-state index is 0.118. The summed E-state index contributed by atoms with van der Waals surface area (Å²) in [7, 11) is 1.98. The van der Waals surface area contributed by atoms with E-state index in [1.54, 1.807) is 6.20 Å². The topological polar surface area (TPSA) is 54.9 Å². The van der Waals surface area contributed by atoms with Crippen LogP contribution in [0.15, 0.2) is 36.7 Å². The fourth-order valence-electron chi connectivity index (χ4n) is 3.75. The molecule has 1 unspecified atom stereocenters. The van der Waals surface area contributed by atoms with Crippen molar-refractivity contribution < 1.29 is 14.3 Å². The third-order valence-electron chi connectivity index (χ3n) is 5.19. The Labute approximate surface area is 190 Å². The van der Waals surface area contributed by atoms with Crippen LogP contribution in [0.1, 0.15) is 32.8 Å². The molecule has 0 radical (unpaired) electrons. The van der Waals surface area contributed by atoms with Crippen LogP contribution in [0.25, 0.3) is 0 Å². The second-order valence-corrected chi connectivity index (χ2v) is 8.97. The number of rotatable bonds is 8. The lowest BCUT2D eigenvalue weighted by Gasteiger charge is -2.30. The monoisotopic (exact) mass is 445 g/mol. The van der Waals surface area contributed by atoms with Crippen LogP contribution in [-0.2, 0) is 11.3 Å². The maximum Gasteiger partial charge on any atom is 0.227 e. The molecule has 31 heavy (non-hydrogen) atoms. The van der Waals surface area contributed by atoms with Gasteiger partial charge in [0.05, 0.1) is 36.0 Å². The van der Waals surface area contributed by atoms with E-state index in [1.807, 2.05) is 49.3 Å². The van der Waals surface area contributed by atoms with E-state index in [0.717, 1.165) is 17.7 Å². The first-order valence-electron chi connectivity index (χ1n) is 10.8. The molecule has 3 rings (SSSR count). The molecule has 168 valence electrons. The van der Waals surface area contributed by atoms with E-state index in [-0.39, 0.29) is 11.8 Å². The molecule has 1 aromatic carbocycles. The van der Waals surface area contributed by atoms with E-state index in [1.165, 1.54) is 0 Å². The van der Waals surface area contributed by atoms with E-state index in [0.29, 0.717) is 55.3 Å². The van der Waals surface area contributed by atoms with Gasteiger partial charge in [0.15, 0.2) is 11.5 Å². The second-order valence-electron chi connectivity index (χ2n) is 8.56. The molecular formula is C24H32ClN3O3. The van der Waals surface area contributed by atoms with Crippen LogP contribution >= 0.6 is 11.6 Å². The lowest BCUT2D eigenvalue weighted by molar-refractivity contribution is -0.135. The zero-order valence-corrected chi connectivity index (χ0v) is 19.6. The molecule has 6 nitrogen and oxygen atoms in total. The van der Waals surface area contributed by atoms with Crippen molar-refractivity contribution in [3.8, 4) is 11.5 Å². The summed E-state index contributed by atoms with van der Waals surface area (Å²) in [5.74, 6) is 1.55. The number of halogens is 1. The molecule has 0 fully saturated rings. The van der Waals surface area contributed by atoms with Crippen LogP contribution in [0, 0.1) is 11.8 Å². The van der Waals surface area contributed by atoms with Gasteiger partial charge in [-0.15, -0.1) is 0 Å². The van der Waals surface area contributed by atoms with Gasteiger partial charge in [-0.05, 0) is 35.7 Å². The molecule has 0 bridgehead atoms. The van der Waals surface area contributed by atoms with Crippen LogP contribution in [-0.4, -0.2) is 49.1 Å². The summed E-state index contributed by atoms with van der Waals surface area (Å²) >= 11 is 6.47. The highest BCUT2D eigenvalue weighted by molar-refractivity contribution is 6.32. The van der Waals surface area contributed by atoms with Crippen molar-refractivity contribution in [1.82, 2.24) is 9.88 Å². The first-order valence-corrected chi connectivity index (χ1v) is 11.2. The molecule has 0 N–H and O–H groups in total. The van der Waals surface area contributed by atoms with Gasteiger partial charge in [-0.25, -0.2) is 0 Å². The summed E-state index contributed by atoms with van der Waals surface area (Å²) in [6.07, 6.45) is 4.37. The maximum atomic E-state index is 13.4. The van der Waals surface area contributed by atoms with Crippen LogP contribution in [0.3, 0.4) is 0 Å². The van der Waals surface area contributed by atoms with Crippen molar-refractivity contribution in [2.75, 3.05) is 38.3 Å². The highest BCUT2D eigenvalue weighted by atomic mass is 35.5. The molecule has 0 saturated heterocycles. The van der Waals surface area contributed by atoms with Gasteiger partial charge in [0.25, 0.3) is 0 Å². The third kappa shape index (κ3) is 6.26. The van der Waals surface area contributed by atoms with Crippen molar-refractivity contribution in [2.24, 2.45) is 11.8 Å². The average molecular weight is 446 g/mol. The van der Waals surface area contributed by atoms with Crippen LogP contribution in [0.5, 0.6) is 11.5 Å². The zero-order valence-electron chi connectivity index (χ0n) is 18.8. The van der Waals surface area contributed by atoms with E-state index in [9.17, 15) is 4.79 Å². The number of carbonyl (C=O) groups excluding carboxylic acids is 1. The number of fused-ring (bicyclic) bond motifs is 1. The number of hydrogen-bond acceptors (Lipinski definition) is 5. The summed E-state index contributed by atoms with van der Waals surface area (Å²) in [5, 5.41) is 0.524. The van der Waals surface area contributed by atoms with E-state index >= 15 is 0 Å². The quantitative estimate of drug-likeness (QED) is 0.591. The lowest BCUT2D eigenvalue weighted by atomic mass is 10.1. The Morgan fingerprint density at radius 2 is 1.97 bits per heavy atom. The molecule has 7 heteroatoms. The molecular weight excluding hydrogens is 414 g/mol. The van der Waals surface area contributed by atoms with Crippen molar-refractivity contribution in [3.05, 3.63) is 47.2 Å². The molecule has 1 aliphatic heterocycles. The normalized spacial score (nSPS) is 14.1. The Morgan fingerprint density at radius 1 is 1.19 bits per heavy atom. The molecule has 1 amide bonds. The molecule has 1 aliphatic rings. The summed E-state index contributed by atoms with van der Waals surface area (Å²) in [6, 6.07) is 7.72. The average Bonchev–Trinajstić information content (AvgIpc) is 2.99. The summed E-state index contributed by atoms with van der Waals surface area (Å²) in [4.78, 5) is 21.5. The van der Waals surface area contributed by atoms with E-state index in [2.05, 4.69) is 23.7 Å². The summed E-state index contributed by atoms with van der Waals surface area (Å²) < 4.78 is 11.5. The van der Waals surface area contributed by atoms with Crippen molar-refractivity contribution in [2.45, 2.75) is 33.7 Å². The number of anilines is 1. The first kappa shape index (κ1) is 23.2. The lowest BCUT2D eigenvalue weighted by Crippen LogP contribution is -2.41. The number of nitrogens with zero attached hydrogens (tertiary/aromatic N) is 3. The van der Waals surface area contributed by atoms with Crippen LogP contribution in [0.4, 0.5) is 5.69 Å². The number of benzene rings is 1. The van der Waals surface area contributed by atoms with E-state index in [4.69, 9.17) is 21.1 Å². The Morgan fingerprint density at radius 3 is 2.68 bits per heavy atom. The van der Waals surface area contributed by atoms with E-state index < -0.39 is 0 Å². The minimum Gasteiger partial charge on any atom is -0.489 e. The predicted octanol–water partition coefficient (Wildman–Crippen LogP) is 4.65. The van der Waals surface area contributed by atoms with Gasteiger partial charge < -0.3 is 19.3 Å². The van der Waals surface area contributed by atoms with Gasteiger partial charge in [0, 0.05) is 39.3 Å². The largest absolute Gasteiger partial charge is 0.489 e. The second kappa shape index (κ2) is 10.7. The van der Waals surface area contributed by atoms with Crippen molar-refractivity contribution in [1.29, 1.82) is 0 Å². The standard InChI is InChI=1S/C24H32ClN3O3/c1-17(2)14-28(24(29)18(3)15-27(4)20-7-5-8-26-13-20)16-19-11-21(25)23-22(12-19)30-9-6-10-31-23/h5,7-8,11-13,17-18H,6,9-10,14-16H2,1-4H3. The van der Waals surface area contributed by atoms with Crippen molar-refractivity contribution in [3.63, 3.8) is 0 Å². The van der Waals surface area contributed by atoms with Gasteiger partial charge in [-0.2, -0.15) is 0 Å². The van der Waals surface area contributed by atoms with Gasteiger partial charge in [-0.3, -0.25) is 9.78 Å². The highest BCUT2D eigenvalue weighted by Crippen LogP contribution is 2.38. The number of pyridine rings is 1. The van der Waals surface area contributed by atoms with Gasteiger partial charge in [-0.1, -0.05) is 32.4 Å². The van der Waals surface area contributed by atoms with Crippen LogP contribution < -0.4 is 14.4 Å². The Hall–Kier alpha value is -2.47.